The number of benzene rings is 2. The molecule has 0 bridgehead atoms. The lowest BCUT2D eigenvalue weighted by Crippen LogP contribution is -2.24. The van der Waals surface area contributed by atoms with Crippen LogP contribution >= 0.6 is 15.9 Å². The van der Waals surface area contributed by atoms with Gasteiger partial charge >= 0.3 is 0 Å². The molecule has 2 nitrogen and oxygen atoms in total. The van der Waals surface area contributed by atoms with Crippen LogP contribution < -0.4 is 10.6 Å². The van der Waals surface area contributed by atoms with E-state index in [0.29, 0.717) is 6.54 Å². The van der Waals surface area contributed by atoms with Crippen LogP contribution in [0.25, 0.3) is 0 Å². The zero-order chi connectivity index (χ0) is 14.7. The summed E-state index contributed by atoms with van der Waals surface area (Å²) in [6.45, 7) is 2.79. The van der Waals surface area contributed by atoms with E-state index in [0.717, 1.165) is 24.0 Å². The number of nitrogens with two attached hydrogens (primary N) is 1. The van der Waals surface area contributed by atoms with Crippen LogP contribution in [0.5, 0.6) is 0 Å². The molecule has 2 aromatic carbocycles. The topological polar surface area (TPSA) is 29.3 Å². The molecule has 1 heterocycles. The minimum absolute atomic E-state index is 0.688. The van der Waals surface area contributed by atoms with Crippen LogP contribution in [0.4, 0.5) is 5.69 Å². The van der Waals surface area contributed by atoms with Gasteiger partial charge in [0.05, 0.1) is 0 Å². The van der Waals surface area contributed by atoms with Gasteiger partial charge in [0.2, 0.25) is 0 Å². The van der Waals surface area contributed by atoms with E-state index >= 15 is 0 Å². The highest BCUT2D eigenvalue weighted by Crippen LogP contribution is 2.29. The van der Waals surface area contributed by atoms with Crippen LogP contribution in [0.15, 0.2) is 46.9 Å². The summed E-state index contributed by atoms with van der Waals surface area (Å²) in [6.07, 6.45) is 3.30. The van der Waals surface area contributed by atoms with E-state index in [1.54, 1.807) is 0 Å². The van der Waals surface area contributed by atoms with Gasteiger partial charge in [-0.15, -0.1) is 0 Å². The Kier molecular flexibility index (Phi) is 4.61. The molecule has 21 heavy (non-hydrogen) atoms. The quantitative estimate of drug-likeness (QED) is 0.914. The predicted molar refractivity (Wildman–Crippen MR) is 92.7 cm³/mol. The van der Waals surface area contributed by atoms with Crippen molar-refractivity contribution in [2.24, 2.45) is 5.73 Å². The first-order valence-corrected chi connectivity index (χ1v) is 8.37. The monoisotopic (exact) mass is 344 g/mol. The zero-order valence-electron chi connectivity index (χ0n) is 12.2. The van der Waals surface area contributed by atoms with E-state index in [1.165, 1.54) is 35.2 Å². The molecule has 2 N–H and O–H groups in total. The van der Waals surface area contributed by atoms with Gasteiger partial charge in [-0.3, -0.25) is 0 Å². The maximum Gasteiger partial charge on any atom is 0.0432 e. The lowest BCUT2D eigenvalue weighted by molar-refractivity contribution is 0.759. The maximum atomic E-state index is 5.78. The van der Waals surface area contributed by atoms with Gasteiger partial charge in [0.1, 0.15) is 0 Å². The van der Waals surface area contributed by atoms with E-state index in [4.69, 9.17) is 5.73 Å². The Morgan fingerprint density at radius 2 is 1.90 bits per heavy atom. The molecule has 0 radical (unpaired) electrons. The Morgan fingerprint density at radius 3 is 2.71 bits per heavy atom. The van der Waals surface area contributed by atoms with E-state index < -0.39 is 0 Å². The second-order valence-corrected chi connectivity index (χ2v) is 6.52. The van der Waals surface area contributed by atoms with Crippen LogP contribution in [0.2, 0.25) is 0 Å². The third kappa shape index (κ3) is 3.30. The van der Waals surface area contributed by atoms with E-state index in [9.17, 15) is 0 Å². The Hall–Kier alpha value is -1.32. The highest BCUT2D eigenvalue weighted by Gasteiger charge is 2.16. The first kappa shape index (κ1) is 14.6. The molecule has 0 spiro atoms. The van der Waals surface area contributed by atoms with Crippen LogP contribution in [0, 0.1) is 0 Å². The van der Waals surface area contributed by atoms with Gasteiger partial charge in [0.15, 0.2) is 0 Å². The number of hydrogen-bond acceptors (Lipinski definition) is 2. The van der Waals surface area contributed by atoms with Crippen molar-refractivity contribution in [1.29, 1.82) is 0 Å². The van der Waals surface area contributed by atoms with Crippen LogP contribution in [-0.2, 0) is 19.4 Å². The molecule has 0 amide bonds. The largest absolute Gasteiger partial charge is 0.367 e. The molecular weight excluding hydrogens is 324 g/mol. The summed E-state index contributed by atoms with van der Waals surface area (Å²) in [5.41, 5.74) is 11.4. The number of halogens is 1. The summed E-state index contributed by atoms with van der Waals surface area (Å²) in [5.74, 6) is 0. The molecule has 2 aromatic rings. The molecule has 1 aliphatic heterocycles. The van der Waals surface area contributed by atoms with Crippen molar-refractivity contribution in [2.75, 3.05) is 18.0 Å². The minimum Gasteiger partial charge on any atom is -0.367 e. The lowest BCUT2D eigenvalue weighted by atomic mass is 10.0. The predicted octanol–water partition coefficient (Wildman–Crippen LogP) is 3.90. The van der Waals surface area contributed by atoms with Gasteiger partial charge in [-0.25, -0.2) is 0 Å². The minimum atomic E-state index is 0.688. The van der Waals surface area contributed by atoms with Crippen LogP contribution in [0.1, 0.15) is 23.1 Å². The summed E-state index contributed by atoms with van der Waals surface area (Å²) >= 11 is 3.57. The van der Waals surface area contributed by atoms with Crippen molar-refractivity contribution in [3.05, 3.63) is 63.6 Å². The fraction of sp³-hybridized carbons (Fsp3) is 0.333. The van der Waals surface area contributed by atoms with Gasteiger partial charge in [0.25, 0.3) is 0 Å². The average molecular weight is 345 g/mol. The summed E-state index contributed by atoms with van der Waals surface area (Å²) in [6, 6.07) is 15.4. The van der Waals surface area contributed by atoms with E-state index in [1.807, 2.05) is 0 Å². The summed E-state index contributed by atoms with van der Waals surface area (Å²) in [4.78, 5) is 2.50. The number of hydrogen-bond donors (Lipinski definition) is 1. The highest BCUT2D eigenvalue weighted by molar-refractivity contribution is 9.10. The second-order valence-electron chi connectivity index (χ2n) is 5.61. The average Bonchev–Trinajstić information content (AvgIpc) is 2.70. The van der Waals surface area contributed by atoms with Gasteiger partial charge in [-0.2, -0.15) is 0 Å². The fourth-order valence-corrected chi connectivity index (χ4v) is 3.53. The lowest BCUT2D eigenvalue weighted by Gasteiger charge is -2.26. The third-order valence-corrected chi connectivity index (χ3v) is 4.64. The maximum absolute atomic E-state index is 5.78. The molecule has 0 saturated carbocycles. The van der Waals surface area contributed by atoms with Crippen molar-refractivity contribution in [1.82, 2.24) is 0 Å². The molecule has 0 saturated heterocycles. The second kappa shape index (κ2) is 6.63. The van der Waals surface area contributed by atoms with Crippen molar-refractivity contribution in [3.63, 3.8) is 0 Å². The number of nitrogens with zero attached hydrogens (tertiary/aromatic N) is 1. The molecular formula is C18H21BrN2. The standard InChI is InChI=1S/C18H21BrN2/c19-17-7-8-18(15(12-17)9-10-20)21-11-3-6-14-4-1-2-5-16(14)13-21/h1-2,4-5,7-8,12H,3,6,9-11,13,20H2. The Balaban J connectivity index is 1.94. The molecule has 1 aliphatic rings. The molecule has 3 rings (SSSR count). The Bertz CT molecular complexity index is 624. The fourth-order valence-electron chi connectivity index (χ4n) is 3.12. The van der Waals surface area contributed by atoms with Gasteiger partial charge in [-0.05, 0) is 60.7 Å². The number of fused-ring (bicyclic) bond motifs is 1. The van der Waals surface area contributed by atoms with E-state index in [-0.39, 0.29) is 0 Å². The Labute approximate surface area is 135 Å². The third-order valence-electron chi connectivity index (χ3n) is 4.15. The molecule has 0 fully saturated rings. The van der Waals surface area contributed by atoms with Crippen molar-refractivity contribution >= 4 is 21.6 Å². The smallest absolute Gasteiger partial charge is 0.0432 e. The highest BCUT2D eigenvalue weighted by atomic mass is 79.9. The molecule has 0 aliphatic carbocycles. The molecule has 0 aromatic heterocycles. The van der Waals surface area contributed by atoms with Crippen molar-refractivity contribution in [2.45, 2.75) is 25.8 Å². The summed E-state index contributed by atoms with van der Waals surface area (Å²) in [5, 5.41) is 0. The molecule has 0 unspecified atom stereocenters. The first-order valence-electron chi connectivity index (χ1n) is 7.58. The van der Waals surface area contributed by atoms with Gasteiger partial charge in [-0.1, -0.05) is 40.2 Å². The number of anilines is 1. The van der Waals surface area contributed by atoms with Crippen LogP contribution in [0.3, 0.4) is 0 Å². The SMILES string of the molecule is NCCc1cc(Br)ccc1N1CCCc2ccccc2C1. The van der Waals surface area contributed by atoms with Gasteiger partial charge in [0, 0.05) is 23.2 Å². The number of aryl methyl sites for hydroxylation is 1. The summed E-state index contributed by atoms with van der Waals surface area (Å²) < 4.78 is 1.13. The van der Waals surface area contributed by atoms with Crippen molar-refractivity contribution < 1.29 is 0 Å². The van der Waals surface area contributed by atoms with Gasteiger partial charge < -0.3 is 10.6 Å². The van der Waals surface area contributed by atoms with Crippen LogP contribution in [-0.4, -0.2) is 13.1 Å². The Morgan fingerprint density at radius 1 is 1.10 bits per heavy atom. The summed E-state index contributed by atoms with van der Waals surface area (Å²) in [7, 11) is 0. The zero-order valence-corrected chi connectivity index (χ0v) is 13.8. The molecule has 110 valence electrons. The van der Waals surface area contributed by atoms with E-state index in [2.05, 4.69) is 63.3 Å². The molecule has 0 atom stereocenters. The van der Waals surface area contributed by atoms with Crippen molar-refractivity contribution in [3.8, 4) is 0 Å². The first-order chi connectivity index (χ1) is 10.3. The number of rotatable bonds is 3. The normalized spacial score (nSPS) is 14.7. The molecule has 3 heteroatoms.